The minimum Gasteiger partial charge on any atom is -0.315 e. The van der Waals surface area contributed by atoms with E-state index in [1.54, 1.807) is 0 Å². The van der Waals surface area contributed by atoms with Crippen molar-refractivity contribution in [1.29, 1.82) is 0 Å². The predicted molar refractivity (Wildman–Crippen MR) is 35.9 cm³/mol. The SMILES string of the molecule is C1CSCCN1.[Na]. The Morgan fingerprint density at radius 3 is 1.86 bits per heavy atom. The molecule has 0 spiro atoms. The Labute approximate surface area is 70.9 Å². The second kappa shape index (κ2) is 5.45. The van der Waals surface area contributed by atoms with Gasteiger partial charge in [-0.25, -0.2) is 0 Å². The molecule has 0 unspecified atom stereocenters. The summed E-state index contributed by atoms with van der Waals surface area (Å²) < 4.78 is 0. The first-order valence-corrected chi connectivity index (χ1v) is 3.44. The molecule has 0 amide bonds. The van der Waals surface area contributed by atoms with Crippen molar-refractivity contribution in [2.24, 2.45) is 0 Å². The van der Waals surface area contributed by atoms with Crippen LogP contribution in [0.3, 0.4) is 0 Å². The standard InChI is InChI=1S/C4H9NS.Na/c1-3-6-4-2-5-1;/h5H,1-4H2;. The summed E-state index contributed by atoms with van der Waals surface area (Å²) in [5, 5.41) is 3.26. The summed E-state index contributed by atoms with van der Waals surface area (Å²) in [5.41, 5.74) is 0. The fourth-order valence-corrected chi connectivity index (χ4v) is 1.30. The van der Waals surface area contributed by atoms with E-state index in [1.165, 1.54) is 24.6 Å². The van der Waals surface area contributed by atoms with Gasteiger partial charge in [0, 0.05) is 54.2 Å². The number of hydrogen-bond donors (Lipinski definition) is 1. The van der Waals surface area contributed by atoms with Crippen LogP contribution in [0, 0.1) is 0 Å². The zero-order valence-electron chi connectivity index (χ0n) is 4.74. The van der Waals surface area contributed by atoms with Crippen molar-refractivity contribution >= 4 is 41.3 Å². The topological polar surface area (TPSA) is 12.0 Å². The van der Waals surface area contributed by atoms with Crippen LogP contribution in [0.4, 0.5) is 0 Å². The zero-order chi connectivity index (χ0) is 4.24. The van der Waals surface area contributed by atoms with E-state index in [9.17, 15) is 0 Å². The Morgan fingerprint density at radius 1 is 1.14 bits per heavy atom. The molecule has 0 aromatic rings. The molecule has 0 bridgehead atoms. The van der Waals surface area contributed by atoms with E-state index in [2.05, 4.69) is 5.32 Å². The number of hydrogen-bond acceptors (Lipinski definition) is 2. The molecule has 0 atom stereocenters. The Bertz CT molecular complexity index is 27.2. The molecular weight excluding hydrogens is 117 g/mol. The summed E-state index contributed by atoms with van der Waals surface area (Å²) in [5.74, 6) is 2.61. The van der Waals surface area contributed by atoms with Gasteiger partial charge in [0.25, 0.3) is 0 Å². The van der Waals surface area contributed by atoms with Crippen LogP contribution >= 0.6 is 11.8 Å². The van der Waals surface area contributed by atoms with Crippen LogP contribution in [-0.2, 0) is 0 Å². The molecular formula is C4H9NNaS. The minimum atomic E-state index is 0. The average Bonchev–Trinajstić information content (AvgIpc) is 1.72. The van der Waals surface area contributed by atoms with Gasteiger partial charge in [0.15, 0.2) is 0 Å². The molecule has 1 saturated heterocycles. The second-order valence-corrected chi connectivity index (χ2v) is 2.59. The summed E-state index contributed by atoms with van der Waals surface area (Å²) in [7, 11) is 0. The van der Waals surface area contributed by atoms with Gasteiger partial charge in [0.1, 0.15) is 0 Å². The van der Waals surface area contributed by atoms with Crippen molar-refractivity contribution in [2.75, 3.05) is 24.6 Å². The maximum atomic E-state index is 3.26. The summed E-state index contributed by atoms with van der Waals surface area (Å²) in [6.45, 7) is 2.43. The Morgan fingerprint density at radius 2 is 1.71 bits per heavy atom. The van der Waals surface area contributed by atoms with Crippen molar-refractivity contribution < 1.29 is 0 Å². The fraction of sp³-hybridized carbons (Fsp3) is 1.00. The summed E-state index contributed by atoms with van der Waals surface area (Å²) in [6.07, 6.45) is 0. The zero-order valence-corrected chi connectivity index (χ0v) is 7.55. The van der Waals surface area contributed by atoms with Gasteiger partial charge in [-0.15, -0.1) is 0 Å². The first kappa shape index (κ1) is 8.31. The molecule has 1 rings (SSSR count). The van der Waals surface area contributed by atoms with Crippen molar-refractivity contribution in [3.63, 3.8) is 0 Å². The van der Waals surface area contributed by atoms with Gasteiger partial charge < -0.3 is 5.32 Å². The molecule has 37 valence electrons. The molecule has 1 fully saturated rings. The third-order valence-electron chi connectivity index (χ3n) is 0.846. The van der Waals surface area contributed by atoms with E-state index in [1.807, 2.05) is 11.8 Å². The molecule has 1 nitrogen and oxygen atoms in total. The van der Waals surface area contributed by atoms with Crippen LogP contribution < -0.4 is 5.32 Å². The maximum absolute atomic E-state index is 3.26. The van der Waals surface area contributed by atoms with Gasteiger partial charge in [0.2, 0.25) is 0 Å². The third kappa shape index (κ3) is 3.86. The van der Waals surface area contributed by atoms with Gasteiger partial charge >= 0.3 is 0 Å². The minimum absolute atomic E-state index is 0. The Kier molecular flexibility index (Phi) is 6.47. The Balaban J connectivity index is 0.000000360. The van der Waals surface area contributed by atoms with Gasteiger partial charge in [-0.1, -0.05) is 0 Å². The molecule has 3 heteroatoms. The molecule has 0 saturated carbocycles. The van der Waals surface area contributed by atoms with E-state index in [-0.39, 0.29) is 29.6 Å². The summed E-state index contributed by atoms with van der Waals surface area (Å²) in [6, 6.07) is 0. The first-order chi connectivity index (χ1) is 3.00. The van der Waals surface area contributed by atoms with Crippen molar-refractivity contribution in [1.82, 2.24) is 5.32 Å². The molecule has 1 N–H and O–H groups in total. The summed E-state index contributed by atoms with van der Waals surface area (Å²) in [4.78, 5) is 0. The van der Waals surface area contributed by atoms with E-state index < -0.39 is 0 Å². The van der Waals surface area contributed by atoms with Crippen molar-refractivity contribution in [3.8, 4) is 0 Å². The first-order valence-electron chi connectivity index (χ1n) is 2.28. The third-order valence-corrected chi connectivity index (χ3v) is 1.83. The van der Waals surface area contributed by atoms with E-state index >= 15 is 0 Å². The quantitative estimate of drug-likeness (QED) is 0.456. The molecule has 1 radical (unpaired) electrons. The largest absolute Gasteiger partial charge is 0.315 e. The van der Waals surface area contributed by atoms with E-state index in [0.29, 0.717) is 0 Å². The monoisotopic (exact) mass is 126 g/mol. The average molecular weight is 126 g/mol. The molecule has 0 aromatic carbocycles. The molecule has 1 aliphatic heterocycles. The van der Waals surface area contributed by atoms with Crippen LogP contribution in [-0.4, -0.2) is 54.2 Å². The van der Waals surface area contributed by atoms with Crippen LogP contribution in [0.5, 0.6) is 0 Å². The molecule has 0 aliphatic carbocycles. The van der Waals surface area contributed by atoms with Crippen LogP contribution in [0.25, 0.3) is 0 Å². The summed E-state index contributed by atoms with van der Waals surface area (Å²) >= 11 is 2.03. The number of thioether (sulfide) groups is 1. The van der Waals surface area contributed by atoms with Crippen LogP contribution in [0.2, 0.25) is 0 Å². The molecule has 0 aromatic heterocycles. The van der Waals surface area contributed by atoms with E-state index in [4.69, 9.17) is 0 Å². The van der Waals surface area contributed by atoms with Crippen LogP contribution in [0.15, 0.2) is 0 Å². The van der Waals surface area contributed by atoms with Crippen LogP contribution in [0.1, 0.15) is 0 Å². The van der Waals surface area contributed by atoms with Gasteiger partial charge in [-0.05, 0) is 0 Å². The molecule has 1 aliphatic rings. The number of rotatable bonds is 0. The van der Waals surface area contributed by atoms with E-state index in [0.717, 1.165) is 0 Å². The number of nitrogens with one attached hydrogen (secondary N) is 1. The predicted octanol–water partition coefficient (Wildman–Crippen LogP) is -0.0580. The normalized spacial score (nSPS) is 20.6. The van der Waals surface area contributed by atoms with Crippen molar-refractivity contribution in [3.05, 3.63) is 0 Å². The van der Waals surface area contributed by atoms with Crippen molar-refractivity contribution in [2.45, 2.75) is 0 Å². The second-order valence-electron chi connectivity index (χ2n) is 1.36. The fourth-order valence-electron chi connectivity index (χ4n) is 0.516. The molecule has 7 heavy (non-hydrogen) atoms. The van der Waals surface area contributed by atoms with Gasteiger partial charge in [-0.3, -0.25) is 0 Å². The smallest absolute Gasteiger partial charge is 0.00585 e. The van der Waals surface area contributed by atoms with Gasteiger partial charge in [0.05, 0.1) is 0 Å². The van der Waals surface area contributed by atoms with Gasteiger partial charge in [-0.2, -0.15) is 11.8 Å². The Hall–Kier alpha value is 1.31. The maximum Gasteiger partial charge on any atom is 0.00585 e. The molecule has 1 heterocycles.